The maximum absolute atomic E-state index is 14.9. The number of halogens is 2. The summed E-state index contributed by atoms with van der Waals surface area (Å²) < 4.78 is 40.8. The van der Waals surface area contributed by atoms with E-state index in [0.29, 0.717) is 16.9 Å². The van der Waals surface area contributed by atoms with Gasteiger partial charge in [0.25, 0.3) is 0 Å². The summed E-state index contributed by atoms with van der Waals surface area (Å²) in [6.07, 6.45) is 2.73. The Morgan fingerprint density at radius 3 is 2.47 bits per heavy atom. The van der Waals surface area contributed by atoms with E-state index in [0.717, 1.165) is 36.0 Å². The van der Waals surface area contributed by atoms with Gasteiger partial charge in [-0.3, -0.25) is 4.79 Å². The molecule has 3 rings (SSSR count). The molecule has 0 amide bonds. The van der Waals surface area contributed by atoms with Crippen LogP contribution >= 0.6 is 0 Å². The highest BCUT2D eigenvalue weighted by atomic mass is 19.1. The van der Waals surface area contributed by atoms with Gasteiger partial charge in [0.05, 0.1) is 7.11 Å². The lowest BCUT2D eigenvalue weighted by Gasteiger charge is -2.26. The van der Waals surface area contributed by atoms with Crippen LogP contribution in [0.2, 0.25) is 0 Å². The Labute approximate surface area is 211 Å². The molecule has 0 saturated carbocycles. The highest BCUT2D eigenvalue weighted by molar-refractivity contribution is 5.70. The van der Waals surface area contributed by atoms with Crippen molar-refractivity contribution in [3.63, 3.8) is 0 Å². The fourth-order valence-corrected chi connectivity index (χ4v) is 4.53. The minimum absolute atomic E-state index is 0.00288. The fourth-order valence-electron chi connectivity index (χ4n) is 4.53. The molecule has 0 aromatic heterocycles. The third-order valence-corrected chi connectivity index (χ3v) is 6.27. The minimum atomic E-state index is -0.980. The summed E-state index contributed by atoms with van der Waals surface area (Å²) in [5.74, 6) is -1.19. The number of carbonyl (C=O) groups is 1. The number of aliphatic carboxylic acids is 1. The van der Waals surface area contributed by atoms with Crippen LogP contribution in [0.4, 0.5) is 8.78 Å². The van der Waals surface area contributed by atoms with E-state index < -0.39 is 11.8 Å². The van der Waals surface area contributed by atoms with Gasteiger partial charge < -0.3 is 14.6 Å². The maximum atomic E-state index is 14.9. The Morgan fingerprint density at radius 2 is 1.78 bits per heavy atom. The Hall–Kier alpha value is -3.41. The summed E-state index contributed by atoms with van der Waals surface area (Å²) in [5.41, 5.74) is 3.39. The van der Waals surface area contributed by atoms with Crippen molar-refractivity contribution in [2.45, 2.75) is 59.5 Å². The second kappa shape index (κ2) is 12.0. The van der Waals surface area contributed by atoms with E-state index in [2.05, 4.69) is 20.8 Å². The largest absolute Gasteiger partial charge is 0.497 e. The third-order valence-electron chi connectivity index (χ3n) is 6.27. The lowest BCUT2D eigenvalue weighted by atomic mass is 9.79. The molecule has 3 aromatic rings. The molecule has 192 valence electrons. The molecule has 0 saturated heterocycles. The molecule has 0 fully saturated rings. The molecule has 4 nitrogen and oxygen atoms in total. The van der Waals surface area contributed by atoms with E-state index in [1.807, 2.05) is 18.2 Å². The van der Waals surface area contributed by atoms with Crippen LogP contribution in [0.3, 0.4) is 0 Å². The van der Waals surface area contributed by atoms with Gasteiger partial charge in [0.1, 0.15) is 18.2 Å². The van der Waals surface area contributed by atoms with Gasteiger partial charge in [-0.05, 0) is 71.2 Å². The van der Waals surface area contributed by atoms with Crippen molar-refractivity contribution in [1.29, 1.82) is 0 Å². The molecule has 1 N–H and O–H groups in total. The zero-order valence-corrected chi connectivity index (χ0v) is 21.4. The van der Waals surface area contributed by atoms with Gasteiger partial charge in [0.2, 0.25) is 0 Å². The summed E-state index contributed by atoms with van der Waals surface area (Å²) in [5, 5.41) is 8.89. The number of rotatable bonds is 12. The van der Waals surface area contributed by atoms with Crippen molar-refractivity contribution < 1.29 is 28.2 Å². The number of methoxy groups -OCH3 is 1. The highest BCUT2D eigenvalue weighted by Gasteiger charge is 2.21. The summed E-state index contributed by atoms with van der Waals surface area (Å²) in [4.78, 5) is 10.9. The molecule has 0 aliphatic heterocycles. The average Bonchev–Trinajstić information content (AvgIpc) is 2.83. The topological polar surface area (TPSA) is 55.8 Å². The first kappa shape index (κ1) is 27.2. The molecule has 0 heterocycles. The molecule has 0 aliphatic carbocycles. The molecule has 0 radical (unpaired) electrons. The Kier molecular flexibility index (Phi) is 9.08. The van der Waals surface area contributed by atoms with Crippen LogP contribution in [0.1, 0.15) is 56.7 Å². The van der Waals surface area contributed by atoms with Gasteiger partial charge in [-0.15, -0.1) is 0 Å². The van der Waals surface area contributed by atoms with Crippen molar-refractivity contribution >= 4 is 5.97 Å². The first-order valence-electron chi connectivity index (χ1n) is 12.2. The maximum Gasteiger partial charge on any atom is 0.303 e. The molecule has 0 bridgehead atoms. The van der Waals surface area contributed by atoms with Gasteiger partial charge in [0.15, 0.2) is 11.6 Å². The number of carboxylic acids is 1. The van der Waals surface area contributed by atoms with E-state index in [9.17, 15) is 13.6 Å². The normalized spacial score (nSPS) is 11.4. The van der Waals surface area contributed by atoms with Crippen LogP contribution in [-0.4, -0.2) is 18.2 Å². The van der Waals surface area contributed by atoms with Gasteiger partial charge in [-0.2, -0.15) is 0 Å². The number of ether oxygens (including phenoxy) is 2. The lowest BCUT2D eigenvalue weighted by Crippen LogP contribution is -2.15. The molecular formula is C30H34F2O4. The van der Waals surface area contributed by atoms with E-state index in [-0.39, 0.29) is 36.4 Å². The SMILES string of the molecule is CCCC(C)(C)Cc1cc(COc2cccc(CCC(=O)O)c2F)ccc1-c1cc(OC)ccc1F. The second-order valence-electron chi connectivity index (χ2n) is 9.84. The van der Waals surface area contributed by atoms with Crippen LogP contribution in [0.5, 0.6) is 11.5 Å². The fraction of sp³-hybridized carbons (Fsp3) is 0.367. The predicted octanol–water partition coefficient (Wildman–Crippen LogP) is 7.61. The quantitative estimate of drug-likeness (QED) is 0.280. The zero-order chi connectivity index (χ0) is 26.3. The van der Waals surface area contributed by atoms with Gasteiger partial charge in [-0.25, -0.2) is 8.78 Å². The molecule has 0 spiro atoms. The van der Waals surface area contributed by atoms with Crippen LogP contribution < -0.4 is 9.47 Å². The van der Waals surface area contributed by atoms with E-state index in [1.165, 1.54) is 12.1 Å². The highest BCUT2D eigenvalue weighted by Crippen LogP contribution is 2.36. The van der Waals surface area contributed by atoms with Crippen LogP contribution in [0.15, 0.2) is 54.6 Å². The predicted molar refractivity (Wildman–Crippen MR) is 137 cm³/mol. The molecule has 36 heavy (non-hydrogen) atoms. The number of hydrogen-bond donors (Lipinski definition) is 1. The summed E-state index contributed by atoms with van der Waals surface area (Å²) in [7, 11) is 1.55. The molecular weight excluding hydrogens is 462 g/mol. The van der Waals surface area contributed by atoms with Crippen molar-refractivity contribution in [3.05, 3.63) is 82.9 Å². The average molecular weight is 497 g/mol. The summed E-state index contributed by atoms with van der Waals surface area (Å²) in [6, 6.07) is 15.2. The number of carboxylic acid groups (broad SMARTS) is 1. The van der Waals surface area contributed by atoms with Gasteiger partial charge in [-0.1, -0.05) is 57.5 Å². The molecule has 0 unspecified atom stereocenters. The summed E-state index contributed by atoms with van der Waals surface area (Å²) in [6.45, 7) is 6.67. The second-order valence-corrected chi connectivity index (χ2v) is 9.84. The van der Waals surface area contributed by atoms with Crippen LogP contribution in [0.25, 0.3) is 11.1 Å². The van der Waals surface area contributed by atoms with Gasteiger partial charge in [0, 0.05) is 12.0 Å². The smallest absolute Gasteiger partial charge is 0.303 e. The summed E-state index contributed by atoms with van der Waals surface area (Å²) >= 11 is 0. The standard InChI is InChI=1S/C30H34F2O4/c1-5-15-30(2,3)18-22-16-20(9-12-24(22)25-17-23(35-4)11-13-26(25)31)19-36-27-8-6-7-21(29(27)32)10-14-28(33)34/h6-9,11-13,16-17H,5,10,14-15,18-19H2,1-4H3,(H,33,34). The Morgan fingerprint density at radius 1 is 1.00 bits per heavy atom. The van der Waals surface area contributed by atoms with Gasteiger partial charge >= 0.3 is 5.97 Å². The van der Waals surface area contributed by atoms with E-state index in [4.69, 9.17) is 14.6 Å². The number of aryl methyl sites for hydroxylation is 1. The number of hydrogen-bond acceptors (Lipinski definition) is 3. The van der Waals surface area contributed by atoms with E-state index in [1.54, 1.807) is 31.4 Å². The minimum Gasteiger partial charge on any atom is -0.497 e. The first-order valence-corrected chi connectivity index (χ1v) is 12.2. The molecule has 6 heteroatoms. The van der Waals surface area contributed by atoms with Crippen molar-refractivity contribution in [3.8, 4) is 22.6 Å². The monoisotopic (exact) mass is 496 g/mol. The van der Waals surface area contributed by atoms with Crippen LogP contribution in [0, 0.1) is 17.0 Å². The van der Waals surface area contributed by atoms with Crippen molar-refractivity contribution in [1.82, 2.24) is 0 Å². The van der Waals surface area contributed by atoms with Crippen molar-refractivity contribution in [2.24, 2.45) is 5.41 Å². The zero-order valence-electron chi connectivity index (χ0n) is 21.4. The van der Waals surface area contributed by atoms with E-state index >= 15 is 0 Å². The van der Waals surface area contributed by atoms with Crippen LogP contribution in [-0.2, 0) is 24.2 Å². The third kappa shape index (κ3) is 7.06. The Bertz CT molecular complexity index is 1200. The molecule has 0 aliphatic rings. The molecule has 3 aromatic carbocycles. The number of benzene rings is 3. The first-order chi connectivity index (χ1) is 17.1. The van der Waals surface area contributed by atoms with Crippen molar-refractivity contribution in [2.75, 3.05) is 7.11 Å². The molecule has 0 atom stereocenters. The lowest BCUT2D eigenvalue weighted by molar-refractivity contribution is -0.136. The Balaban J connectivity index is 1.92.